The molecular weight excluding hydrogens is 301 g/mol. The predicted octanol–water partition coefficient (Wildman–Crippen LogP) is 2.63. The van der Waals surface area contributed by atoms with Crippen LogP contribution in [0.3, 0.4) is 0 Å². The van der Waals surface area contributed by atoms with E-state index in [2.05, 4.69) is 13.5 Å². The van der Waals surface area contributed by atoms with E-state index in [1.165, 1.54) is 12.1 Å². The summed E-state index contributed by atoms with van der Waals surface area (Å²) in [6.45, 7) is 0. The third kappa shape index (κ3) is 2.35. The van der Waals surface area contributed by atoms with E-state index in [0.717, 1.165) is 23.9 Å². The van der Waals surface area contributed by atoms with Crippen LogP contribution in [-0.4, -0.2) is 17.2 Å². The number of sulfonamides is 1. The highest BCUT2D eigenvalue weighted by Gasteiger charge is 2.16. The van der Waals surface area contributed by atoms with Gasteiger partial charge < -0.3 is 0 Å². The van der Waals surface area contributed by atoms with Crippen molar-refractivity contribution < 1.29 is 12.8 Å². The molecule has 5 nitrogen and oxygen atoms in total. The second-order valence-corrected chi connectivity index (χ2v) is 6.21. The topological polar surface area (TPSA) is 72.0 Å². The van der Waals surface area contributed by atoms with Crippen molar-refractivity contribution in [1.82, 2.24) is 8.75 Å². The monoisotopic (exact) mass is 309 g/mol. The Morgan fingerprint density at radius 2 is 1.80 bits per heavy atom. The lowest BCUT2D eigenvalue weighted by Gasteiger charge is -2.08. The van der Waals surface area contributed by atoms with Crippen LogP contribution < -0.4 is 4.72 Å². The van der Waals surface area contributed by atoms with Crippen LogP contribution in [0.25, 0.3) is 11.0 Å². The molecule has 0 saturated carbocycles. The molecular formula is C12H8FN3O2S2. The molecule has 0 saturated heterocycles. The number of halogens is 1. The van der Waals surface area contributed by atoms with Gasteiger partial charge in [-0.25, -0.2) is 12.8 Å². The van der Waals surface area contributed by atoms with Gasteiger partial charge in [0.1, 0.15) is 16.9 Å². The molecule has 0 atom stereocenters. The Labute approximate surface area is 118 Å². The summed E-state index contributed by atoms with van der Waals surface area (Å²) >= 11 is 1.01. The summed E-state index contributed by atoms with van der Waals surface area (Å²) in [7, 11) is -3.78. The number of anilines is 1. The minimum Gasteiger partial charge on any atom is -0.277 e. The van der Waals surface area contributed by atoms with Gasteiger partial charge >= 0.3 is 0 Å². The third-order valence-corrected chi connectivity index (χ3v) is 4.58. The van der Waals surface area contributed by atoms with E-state index in [9.17, 15) is 12.8 Å². The fraction of sp³-hybridized carbons (Fsp3) is 0. The Hall–Kier alpha value is -2.06. The van der Waals surface area contributed by atoms with Gasteiger partial charge in [0, 0.05) is 0 Å². The second-order valence-electron chi connectivity index (χ2n) is 4.00. The van der Waals surface area contributed by atoms with Crippen LogP contribution in [0.2, 0.25) is 0 Å². The average Bonchev–Trinajstić information content (AvgIpc) is 2.88. The summed E-state index contributed by atoms with van der Waals surface area (Å²) in [5.74, 6) is -0.491. The molecule has 0 spiro atoms. The van der Waals surface area contributed by atoms with Crippen molar-refractivity contribution >= 4 is 38.5 Å². The normalized spacial score (nSPS) is 11.7. The van der Waals surface area contributed by atoms with Crippen LogP contribution in [0.15, 0.2) is 47.4 Å². The number of rotatable bonds is 3. The van der Waals surface area contributed by atoms with Crippen molar-refractivity contribution in [3.8, 4) is 0 Å². The summed E-state index contributed by atoms with van der Waals surface area (Å²) in [5, 5.41) is 0. The summed E-state index contributed by atoms with van der Waals surface area (Å²) in [4.78, 5) is -0.0147. The van der Waals surface area contributed by atoms with Gasteiger partial charge in [0.25, 0.3) is 10.0 Å². The Kier molecular flexibility index (Phi) is 3.11. The predicted molar refractivity (Wildman–Crippen MR) is 74.6 cm³/mol. The molecule has 0 radical (unpaired) electrons. The molecule has 3 rings (SSSR count). The number of nitrogens with zero attached hydrogens (tertiary/aromatic N) is 2. The Morgan fingerprint density at radius 3 is 2.55 bits per heavy atom. The highest BCUT2D eigenvalue weighted by atomic mass is 32.2. The van der Waals surface area contributed by atoms with E-state index in [1.54, 1.807) is 18.2 Å². The zero-order chi connectivity index (χ0) is 14.2. The maximum Gasteiger partial charge on any atom is 0.261 e. The molecule has 8 heteroatoms. The average molecular weight is 309 g/mol. The molecule has 0 aliphatic heterocycles. The van der Waals surface area contributed by atoms with Crippen molar-refractivity contribution in [1.29, 1.82) is 0 Å². The van der Waals surface area contributed by atoms with E-state index in [0.29, 0.717) is 16.7 Å². The summed E-state index contributed by atoms with van der Waals surface area (Å²) in [6, 6.07) is 9.64. The smallest absolute Gasteiger partial charge is 0.261 e. The van der Waals surface area contributed by atoms with Crippen LogP contribution in [-0.2, 0) is 10.0 Å². The maximum absolute atomic E-state index is 12.8. The van der Waals surface area contributed by atoms with Gasteiger partial charge in [-0.15, -0.1) is 0 Å². The fourth-order valence-electron chi connectivity index (χ4n) is 1.71. The van der Waals surface area contributed by atoms with Crippen LogP contribution in [0.4, 0.5) is 10.1 Å². The molecule has 20 heavy (non-hydrogen) atoms. The van der Waals surface area contributed by atoms with Crippen molar-refractivity contribution in [2.45, 2.75) is 4.90 Å². The van der Waals surface area contributed by atoms with Crippen molar-refractivity contribution in [3.05, 3.63) is 48.3 Å². The molecule has 1 N–H and O–H groups in total. The lowest BCUT2D eigenvalue weighted by Crippen LogP contribution is -2.13. The van der Waals surface area contributed by atoms with Gasteiger partial charge in [-0.2, -0.15) is 8.75 Å². The van der Waals surface area contributed by atoms with E-state index >= 15 is 0 Å². The van der Waals surface area contributed by atoms with Crippen molar-refractivity contribution in [2.75, 3.05) is 4.72 Å². The SMILES string of the molecule is O=S(=O)(Nc1cccc2nsnc12)c1ccc(F)cc1. The molecule has 0 unspecified atom stereocenters. The second kappa shape index (κ2) is 4.80. The first-order valence-electron chi connectivity index (χ1n) is 5.56. The largest absolute Gasteiger partial charge is 0.277 e. The number of aromatic nitrogens is 2. The first kappa shape index (κ1) is 12.9. The highest BCUT2D eigenvalue weighted by Crippen LogP contribution is 2.24. The molecule has 1 aromatic heterocycles. The zero-order valence-electron chi connectivity index (χ0n) is 9.95. The number of hydrogen-bond donors (Lipinski definition) is 1. The number of benzene rings is 2. The van der Waals surface area contributed by atoms with Gasteiger partial charge in [0.05, 0.1) is 22.3 Å². The van der Waals surface area contributed by atoms with Crippen LogP contribution in [0.5, 0.6) is 0 Å². The minimum absolute atomic E-state index is 0.0147. The van der Waals surface area contributed by atoms with E-state index in [1.807, 2.05) is 0 Å². The van der Waals surface area contributed by atoms with E-state index in [-0.39, 0.29) is 4.90 Å². The zero-order valence-corrected chi connectivity index (χ0v) is 11.6. The third-order valence-electron chi connectivity index (χ3n) is 2.65. The van der Waals surface area contributed by atoms with Crippen LogP contribution in [0.1, 0.15) is 0 Å². The van der Waals surface area contributed by atoms with Crippen LogP contribution >= 0.6 is 11.7 Å². The van der Waals surface area contributed by atoms with Gasteiger partial charge in [-0.1, -0.05) is 6.07 Å². The molecule has 3 aromatic rings. The van der Waals surface area contributed by atoms with Crippen LogP contribution in [0, 0.1) is 5.82 Å². The molecule has 2 aromatic carbocycles. The van der Waals surface area contributed by atoms with E-state index < -0.39 is 15.8 Å². The summed E-state index contributed by atoms with van der Waals surface area (Å²) in [6.07, 6.45) is 0. The highest BCUT2D eigenvalue weighted by molar-refractivity contribution is 7.92. The molecule has 0 bridgehead atoms. The standard InChI is InChI=1S/C12H8FN3O2S2/c13-8-4-6-9(7-5-8)20(17,18)16-11-3-1-2-10-12(11)15-19-14-10/h1-7,16H. The molecule has 0 aliphatic rings. The van der Waals surface area contributed by atoms with Gasteiger partial charge in [-0.3, -0.25) is 4.72 Å². The Morgan fingerprint density at radius 1 is 1.05 bits per heavy atom. The molecule has 0 fully saturated rings. The summed E-state index contributed by atoms with van der Waals surface area (Å²) in [5.41, 5.74) is 1.46. The Balaban J connectivity index is 2.01. The first-order valence-corrected chi connectivity index (χ1v) is 7.77. The fourth-order valence-corrected chi connectivity index (χ4v) is 3.32. The number of fused-ring (bicyclic) bond motifs is 1. The molecule has 1 heterocycles. The lowest BCUT2D eigenvalue weighted by molar-refractivity contribution is 0.599. The van der Waals surface area contributed by atoms with Gasteiger partial charge in [-0.05, 0) is 36.4 Å². The minimum atomic E-state index is -3.78. The molecule has 0 amide bonds. The quantitative estimate of drug-likeness (QED) is 0.807. The van der Waals surface area contributed by atoms with Crippen molar-refractivity contribution in [3.63, 3.8) is 0 Å². The van der Waals surface area contributed by atoms with Gasteiger partial charge in [0.15, 0.2) is 0 Å². The summed E-state index contributed by atoms with van der Waals surface area (Å²) < 4.78 is 47.8. The number of nitrogens with one attached hydrogen (secondary N) is 1. The molecule has 102 valence electrons. The molecule has 0 aliphatic carbocycles. The number of hydrogen-bond acceptors (Lipinski definition) is 5. The van der Waals surface area contributed by atoms with Gasteiger partial charge in [0.2, 0.25) is 0 Å². The van der Waals surface area contributed by atoms with E-state index in [4.69, 9.17) is 0 Å². The Bertz CT molecular complexity index is 860. The lowest BCUT2D eigenvalue weighted by atomic mass is 10.3. The van der Waals surface area contributed by atoms with Crippen molar-refractivity contribution in [2.24, 2.45) is 0 Å². The maximum atomic E-state index is 12.8. The first-order chi connectivity index (χ1) is 9.56.